The zero-order chi connectivity index (χ0) is 24.7. The average molecular weight is 474 g/mol. The quantitative estimate of drug-likeness (QED) is 0.350. The molecule has 3 heterocycles. The van der Waals surface area contributed by atoms with Crippen LogP contribution in [0.4, 0.5) is 14.6 Å². The summed E-state index contributed by atoms with van der Waals surface area (Å²) in [4.78, 5) is 34.8. The minimum atomic E-state index is -0.678. The second-order valence-electron chi connectivity index (χ2n) is 8.21. The molecule has 0 spiro atoms. The van der Waals surface area contributed by atoms with Crippen molar-refractivity contribution in [1.29, 1.82) is 0 Å². The number of aromatic nitrogens is 4. The maximum atomic E-state index is 15.3. The molecule has 0 bridgehead atoms. The molecule has 10 heteroatoms. The van der Waals surface area contributed by atoms with Gasteiger partial charge in [0.2, 0.25) is 5.91 Å². The highest BCUT2D eigenvalue weighted by Crippen LogP contribution is 2.35. The maximum Gasteiger partial charge on any atom is 0.246 e. The molecule has 1 amide bonds. The van der Waals surface area contributed by atoms with Gasteiger partial charge in [0.25, 0.3) is 0 Å². The molecule has 1 fully saturated rings. The van der Waals surface area contributed by atoms with Crippen molar-refractivity contribution in [3.05, 3.63) is 84.2 Å². The van der Waals surface area contributed by atoms with E-state index in [1.54, 1.807) is 9.58 Å². The molecular formula is C25H20F2N6O2. The van der Waals surface area contributed by atoms with E-state index in [2.05, 4.69) is 21.6 Å². The van der Waals surface area contributed by atoms with Gasteiger partial charge in [-0.05, 0) is 48.9 Å². The van der Waals surface area contributed by atoms with E-state index in [9.17, 15) is 14.0 Å². The second kappa shape index (κ2) is 8.71. The fourth-order valence-electron chi connectivity index (χ4n) is 4.33. The number of benzene rings is 2. The van der Waals surface area contributed by atoms with Gasteiger partial charge in [-0.3, -0.25) is 9.59 Å². The van der Waals surface area contributed by atoms with E-state index >= 15 is 4.39 Å². The van der Waals surface area contributed by atoms with Crippen molar-refractivity contribution in [2.75, 3.05) is 18.8 Å². The molecule has 176 valence electrons. The second-order valence-corrected chi connectivity index (χ2v) is 8.21. The Morgan fingerprint density at radius 3 is 2.54 bits per heavy atom. The Bertz CT molecular complexity index is 1480. The summed E-state index contributed by atoms with van der Waals surface area (Å²) in [5.74, 6) is -1.62. The maximum absolute atomic E-state index is 15.3. The van der Waals surface area contributed by atoms with E-state index in [-0.39, 0.29) is 40.2 Å². The summed E-state index contributed by atoms with van der Waals surface area (Å²) in [5, 5.41) is 5.02. The average Bonchev–Trinajstić information content (AvgIpc) is 3.49. The monoisotopic (exact) mass is 474 g/mol. The van der Waals surface area contributed by atoms with Crippen molar-refractivity contribution in [3.63, 3.8) is 0 Å². The standard InChI is InChI=1S/C25H20F2N6O2/c1-2-20(34)32-10-9-17(12-32)33-25-21(24(28)29-13-30-25)22(31-33)18-8-5-15(11-19(18)27)23(35)14-3-6-16(26)7-4-14/h2-8,11,13,17H,1,9-10,12H2,(H2,28,29,30)/t17-/m1/s1. The van der Waals surface area contributed by atoms with E-state index in [4.69, 9.17) is 5.73 Å². The van der Waals surface area contributed by atoms with Crippen molar-refractivity contribution < 1.29 is 18.4 Å². The van der Waals surface area contributed by atoms with Gasteiger partial charge in [0, 0.05) is 29.8 Å². The molecule has 1 atom stereocenters. The summed E-state index contributed by atoms with van der Waals surface area (Å²) in [6, 6.07) is 8.90. The molecular weight excluding hydrogens is 454 g/mol. The highest BCUT2D eigenvalue weighted by atomic mass is 19.1. The largest absolute Gasteiger partial charge is 0.383 e. The van der Waals surface area contributed by atoms with E-state index in [1.165, 1.54) is 48.8 Å². The molecule has 4 aromatic rings. The number of rotatable bonds is 5. The van der Waals surface area contributed by atoms with Crippen LogP contribution in [0.1, 0.15) is 28.4 Å². The molecule has 1 aliphatic rings. The number of nitrogen functional groups attached to an aromatic ring is 1. The SMILES string of the molecule is C=CC(=O)N1CC[C@@H](n2nc(-c3ccc(C(=O)c4ccc(F)cc4)cc3F)c3c(N)ncnc32)C1. The van der Waals surface area contributed by atoms with Crippen LogP contribution in [-0.2, 0) is 4.79 Å². The van der Waals surface area contributed by atoms with Crippen molar-refractivity contribution >= 4 is 28.5 Å². The number of fused-ring (bicyclic) bond motifs is 1. The Morgan fingerprint density at radius 1 is 1.09 bits per heavy atom. The van der Waals surface area contributed by atoms with Gasteiger partial charge >= 0.3 is 0 Å². The summed E-state index contributed by atoms with van der Waals surface area (Å²) in [6.45, 7) is 4.46. The number of nitrogens with zero attached hydrogens (tertiary/aromatic N) is 5. The number of likely N-dealkylation sites (tertiary alicyclic amines) is 1. The van der Waals surface area contributed by atoms with E-state index < -0.39 is 17.4 Å². The van der Waals surface area contributed by atoms with Crippen LogP contribution in [0.3, 0.4) is 0 Å². The first-order valence-electron chi connectivity index (χ1n) is 10.9. The van der Waals surface area contributed by atoms with E-state index in [0.29, 0.717) is 30.5 Å². The minimum absolute atomic E-state index is 0.111. The number of carbonyl (C=O) groups is 2. The third-order valence-corrected chi connectivity index (χ3v) is 6.11. The van der Waals surface area contributed by atoms with Crippen molar-refractivity contribution in [3.8, 4) is 11.3 Å². The molecule has 35 heavy (non-hydrogen) atoms. The fourth-order valence-corrected chi connectivity index (χ4v) is 4.33. The first kappa shape index (κ1) is 22.3. The minimum Gasteiger partial charge on any atom is -0.383 e. The van der Waals surface area contributed by atoms with Gasteiger partial charge in [0.1, 0.15) is 29.5 Å². The molecule has 0 unspecified atom stereocenters. The highest BCUT2D eigenvalue weighted by Gasteiger charge is 2.30. The molecule has 2 N–H and O–H groups in total. The summed E-state index contributed by atoms with van der Waals surface area (Å²) >= 11 is 0. The van der Waals surface area contributed by atoms with E-state index in [0.717, 1.165) is 6.07 Å². The van der Waals surface area contributed by atoms with Crippen LogP contribution in [0.2, 0.25) is 0 Å². The van der Waals surface area contributed by atoms with Crippen LogP contribution >= 0.6 is 0 Å². The van der Waals surface area contributed by atoms with Crippen LogP contribution in [0.25, 0.3) is 22.3 Å². The molecule has 1 aliphatic heterocycles. The van der Waals surface area contributed by atoms with Gasteiger partial charge in [-0.15, -0.1) is 0 Å². The van der Waals surface area contributed by atoms with Crippen molar-refractivity contribution in [2.24, 2.45) is 0 Å². The zero-order valence-electron chi connectivity index (χ0n) is 18.5. The Labute approximate surface area is 198 Å². The number of hydrogen-bond donors (Lipinski definition) is 1. The van der Waals surface area contributed by atoms with Crippen LogP contribution in [0, 0.1) is 11.6 Å². The number of carbonyl (C=O) groups excluding carboxylic acids is 2. The van der Waals surface area contributed by atoms with Crippen LogP contribution < -0.4 is 5.73 Å². The summed E-state index contributed by atoms with van der Waals surface area (Å²) in [5.41, 5.74) is 7.28. The fraction of sp³-hybridized carbons (Fsp3) is 0.160. The first-order chi connectivity index (χ1) is 16.9. The molecule has 2 aromatic carbocycles. The summed E-state index contributed by atoms with van der Waals surface area (Å²) < 4.78 is 30.2. The lowest BCUT2D eigenvalue weighted by Crippen LogP contribution is -2.27. The third kappa shape index (κ3) is 3.92. The van der Waals surface area contributed by atoms with Gasteiger partial charge in [-0.25, -0.2) is 23.4 Å². The Kier molecular flexibility index (Phi) is 5.56. The number of ketones is 1. The molecule has 0 saturated carbocycles. The van der Waals surface area contributed by atoms with Gasteiger partial charge in [-0.1, -0.05) is 12.6 Å². The molecule has 2 aromatic heterocycles. The van der Waals surface area contributed by atoms with Crippen LogP contribution in [0.15, 0.2) is 61.4 Å². The number of anilines is 1. The number of hydrogen-bond acceptors (Lipinski definition) is 6. The molecule has 0 aliphatic carbocycles. The summed E-state index contributed by atoms with van der Waals surface area (Å²) in [7, 11) is 0. The van der Waals surface area contributed by atoms with E-state index in [1.807, 2.05) is 0 Å². The van der Waals surface area contributed by atoms with Gasteiger partial charge in [0.05, 0.1) is 11.4 Å². The highest BCUT2D eigenvalue weighted by molar-refractivity contribution is 6.09. The molecule has 8 nitrogen and oxygen atoms in total. The number of halogens is 2. The van der Waals surface area contributed by atoms with Gasteiger partial charge in [-0.2, -0.15) is 5.10 Å². The van der Waals surface area contributed by atoms with Gasteiger partial charge < -0.3 is 10.6 Å². The van der Waals surface area contributed by atoms with Gasteiger partial charge in [0.15, 0.2) is 11.4 Å². The topological polar surface area (TPSA) is 107 Å². The lowest BCUT2D eigenvalue weighted by Gasteiger charge is -2.14. The van der Waals surface area contributed by atoms with Crippen LogP contribution in [0.5, 0.6) is 0 Å². The normalized spacial score (nSPS) is 15.5. The van der Waals surface area contributed by atoms with Crippen molar-refractivity contribution in [2.45, 2.75) is 12.5 Å². The Balaban J connectivity index is 1.55. The lowest BCUT2D eigenvalue weighted by atomic mass is 10.00. The number of nitrogens with two attached hydrogens (primary N) is 1. The van der Waals surface area contributed by atoms with Crippen LogP contribution in [-0.4, -0.2) is 49.4 Å². The predicted octanol–water partition coefficient (Wildman–Crippen LogP) is 3.54. The Hall–Kier alpha value is -4.47. The lowest BCUT2D eigenvalue weighted by molar-refractivity contribution is -0.125. The number of amides is 1. The smallest absolute Gasteiger partial charge is 0.246 e. The Morgan fingerprint density at radius 2 is 1.83 bits per heavy atom. The molecule has 1 saturated heterocycles. The summed E-state index contributed by atoms with van der Waals surface area (Å²) in [6.07, 6.45) is 3.20. The third-order valence-electron chi connectivity index (χ3n) is 6.11. The predicted molar refractivity (Wildman–Crippen MR) is 125 cm³/mol. The molecule has 0 radical (unpaired) electrons. The van der Waals surface area contributed by atoms with Crippen molar-refractivity contribution in [1.82, 2.24) is 24.6 Å². The first-order valence-corrected chi connectivity index (χ1v) is 10.9. The zero-order valence-corrected chi connectivity index (χ0v) is 18.5. The molecule has 5 rings (SSSR count).